The summed E-state index contributed by atoms with van der Waals surface area (Å²) in [5, 5.41) is 3.28. The topological polar surface area (TPSA) is 50.8 Å². The van der Waals surface area contributed by atoms with Crippen LogP contribution in [0.3, 0.4) is 0 Å². The molecule has 1 fully saturated rings. The van der Waals surface area contributed by atoms with Crippen molar-refractivity contribution in [3.05, 3.63) is 24.3 Å². The van der Waals surface area contributed by atoms with Gasteiger partial charge in [0.2, 0.25) is 5.91 Å². The fourth-order valence-electron chi connectivity index (χ4n) is 2.83. The Morgan fingerprint density at radius 3 is 2.48 bits per heavy atom. The summed E-state index contributed by atoms with van der Waals surface area (Å²) in [7, 11) is 1.99. The molecule has 0 atom stereocenters. The number of benzene rings is 1. The molecule has 1 N–H and O–H groups in total. The maximum absolute atomic E-state index is 12.2. The molecule has 0 radical (unpaired) electrons. The Morgan fingerprint density at radius 2 is 1.87 bits per heavy atom. The number of hydrogen-bond donors (Lipinski definition) is 1. The Bertz CT molecular complexity index is 485. The zero-order valence-electron chi connectivity index (χ0n) is 14.2. The second-order valence-electron chi connectivity index (χ2n) is 5.78. The molecule has 0 saturated carbocycles. The second kappa shape index (κ2) is 9.40. The van der Waals surface area contributed by atoms with Crippen molar-refractivity contribution in [3.8, 4) is 11.5 Å². The molecule has 0 bridgehead atoms. The fourth-order valence-corrected chi connectivity index (χ4v) is 2.83. The summed E-state index contributed by atoms with van der Waals surface area (Å²) in [5.74, 6) is 1.74. The minimum absolute atomic E-state index is 0.237. The molecule has 5 heteroatoms. The summed E-state index contributed by atoms with van der Waals surface area (Å²) in [6, 6.07) is 8.20. The monoisotopic (exact) mass is 320 g/mol. The molecule has 1 aliphatic rings. The van der Waals surface area contributed by atoms with Crippen molar-refractivity contribution in [1.82, 2.24) is 10.2 Å². The van der Waals surface area contributed by atoms with Gasteiger partial charge in [-0.25, -0.2) is 0 Å². The quantitative estimate of drug-likeness (QED) is 0.748. The molecule has 128 valence electrons. The van der Waals surface area contributed by atoms with E-state index in [2.05, 4.69) is 5.32 Å². The van der Waals surface area contributed by atoms with Crippen LogP contribution < -0.4 is 14.8 Å². The van der Waals surface area contributed by atoms with Gasteiger partial charge in [0.15, 0.2) is 11.5 Å². The van der Waals surface area contributed by atoms with Crippen molar-refractivity contribution < 1.29 is 14.3 Å². The van der Waals surface area contributed by atoms with E-state index in [1.165, 1.54) is 0 Å². The normalized spacial score (nSPS) is 15.5. The van der Waals surface area contributed by atoms with Crippen molar-refractivity contribution in [3.63, 3.8) is 0 Å². The highest BCUT2D eigenvalue weighted by Crippen LogP contribution is 2.26. The van der Waals surface area contributed by atoms with E-state index in [4.69, 9.17) is 9.47 Å². The number of piperidine rings is 1. The number of amides is 1. The first-order valence-corrected chi connectivity index (χ1v) is 8.54. The van der Waals surface area contributed by atoms with Gasteiger partial charge in [0.25, 0.3) is 0 Å². The van der Waals surface area contributed by atoms with Crippen LogP contribution in [0.5, 0.6) is 11.5 Å². The van der Waals surface area contributed by atoms with E-state index >= 15 is 0 Å². The van der Waals surface area contributed by atoms with E-state index in [-0.39, 0.29) is 5.91 Å². The summed E-state index contributed by atoms with van der Waals surface area (Å²) in [4.78, 5) is 14.2. The minimum atomic E-state index is 0.237. The fraction of sp³-hybridized carbons (Fsp3) is 0.611. The largest absolute Gasteiger partial charge is 0.490 e. The lowest BCUT2D eigenvalue weighted by Crippen LogP contribution is -2.43. The molecule has 0 spiro atoms. The van der Waals surface area contributed by atoms with Gasteiger partial charge >= 0.3 is 0 Å². The number of carbonyl (C=O) groups excluding carboxylic acids is 1. The SMILES string of the molecule is CCOc1ccccc1OCCCC(=O)N1CCC(NC)CC1. The van der Waals surface area contributed by atoms with Crippen LogP contribution in [-0.2, 0) is 4.79 Å². The molecule has 2 rings (SSSR count). The predicted molar refractivity (Wildman–Crippen MR) is 91.0 cm³/mol. The highest BCUT2D eigenvalue weighted by atomic mass is 16.5. The van der Waals surface area contributed by atoms with Crippen LogP contribution in [0, 0.1) is 0 Å². The summed E-state index contributed by atoms with van der Waals surface area (Å²) in [5.41, 5.74) is 0. The van der Waals surface area contributed by atoms with Gasteiger partial charge < -0.3 is 19.7 Å². The average Bonchev–Trinajstić information content (AvgIpc) is 2.60. The van der Waals surface area contributed by atoms with Crippen LogP contribution in [0.1, 0.15) is 32.6 Å². The molecular formula is C18H28N2O3. The first kappa shape index (κ1) is 17.6. The molecular weight excluding hydrogens is 292 g/mol. The second-order valence-corrected chi connectivity index (χ2v) is 5.78. The van der Waals surface area contributed by atoms with Crippen LogP contribution in [0.2, 0.25) is 0 Å². The zero-order chi connectivity index (χ0) is 16.5. The molecule has 0 aromatic heterocycles. The highest BCUT2D eigenvalue weighted by molar-refractivity contribution is 5.76. The van der Waals surface area contributed by atoms with E-state index < -0.39 is 0 Å². The van der Waals surface area contributed by atoms with Gasteiger partial charge in [0, 0.05) is 25.6 Å². The van der Waals surface area contributed by atoms with Gasteiger partial charge in [-0.15, -0.1) is 0 Å². The van der Waals surface area contributed by atoms with Crippen LogP contribution in [0.4, 0.5) is 0 Å². The zero-order valence-corrected chi connectivity index (χ0v) is 14.2. The van der Waals surface area contributed by atoms with Crippen molar-refractivity contribution in [1.29, 1.82) is 0 Å². The Kier molecular flexibility index (Phi) is 7.20. The number of ether oxygens (including phenoxy) is 2. The van der Waals surface area contributed by atoms with Gasteiger partial charge in [-0.3, -0.25) is 4.79 Å². The lowest BCUT2D eigenvalue weighted by molar-refractivity contribution is -0.132. The van der Waals surface area contributed by atoms with Crippen LogP contribution in [0.15, 0.2) is 24.3 Å². The number of nitrogens with zero attached hydrogens (tertiary/aromatic N) is 1. The third-order valence-electron chi connectivity index (χ3n) is 4.20. The van der Waals surface area contributed by atoms with Gasteiger partial charge in [-0.05, 0) is 45.4 Å². The summed E-state index contributed by atoms with van der Waals surface area (Å²) < 4.78 is 11.3. The number of rotatable bonds is 8. The first-order valence-electron chi connectivity index (χ1n) is 8.54. The smallest absolute Gasteiger partial charge is 0.222 e. The Hall–Kier alpha value is -1.75. The average molecular weight is 320 g/mol. The predicted octanol–water partition coefficient (Wildman–Crippen LogP) is 2.45. The van der Waals surface area contributed by atoms with Crippen molar-refractivity contribution >= 4 is 5.91 Å². The van der Waals surface area contributed by atoms with Gasteiger partial charge in [0.05, 0.1) is 13.2 Å². The van der Waals surface area contributed by atoms with E-state index in [9.17, 15) is 4.79 Å². The number of carbonyl (C=O) groups is 1. The van der Waals surface area contributed by atoms with E-state index in [1.807, 2.05) is 43.1 Å². The third-order valence-corrected chi connectivity index (χ3v) is 4.20. The number of likely N-dealkylation sites (tertiary alicyclic amines) is 1. The van der Waals surface area contributed by atoms with Crippen LogP contribution >= 0.6 is 0 Å². The molecule has 1 aromatic rings. The highest BCUT2D eigenvalue weighted by Gasteiger charge is 2.21. The molecule has 1 saturated heterocycles. The lowest BCUT2D eigenvalue weighted by Gasteiger charge is -2.31. The Balaban J connectivity index is 1.68. The molecule has 1 heterocycles. The number of nitrogens with one attached hydrogen (secondary N) is 1. The molecule has 1 aromatic carbocycles. The van der Waals surface area contributed by atoms with E-state index in [1.54, 1.807) is 0 Å². The number of para-hydroxylation sites is 2. The standard InChI is InChI=1S/C18H28N2O3/c1-3-22-16-7-4-5-8-17(16)23-14-6-9-18(21)20-12-10-15(19-2)11-13-20/h4-5,7-8,15,19H,3,6,9-14H2,1-2H3. The molecule has 5 nitrogen and oxygen atoms in total. The van der Waals surface area contributed by atoms with Crippen molar-refractivity contribution in [2.45, 2.75) is 38.6 Å². The lowest BCUT2D eigenvalue weighted by atomic mass is 10.0. The molecule has 1 aliphatic heterocycles. The van der Waals surface area contributed by atoms with E-state index in [0.29, 0.717) is 25.7 Å². The van der Waals surface area contributed by atoms with Gasteiger partial charge in [-0.1, -0.05) is 12.1 Å². The maximum atomic E-state index is 12.2. The van der Waals surface area contributed by atoms with E-state index in [0.717, 1.165) is 43.9 Å². The van der Waals surface area contributed by atoms with Crippen LogP contribution in [0.25, 0.3) is 0 Å². The third kappa shape index (κ3) is 5.43. The van der Waals surface area contributed by atoms with Crippen molar-refractivity contribution in [2.24, 2.45) is 0 Å². The number of hydrogen-bond acceptors (Lipinski definition) is 4. The molecule has 0 aliphatic carbocycles. The summed E-state index contributed by atoms with van der Waals surface area (Å²) in [6.45, 7) is 4.81. The Morgan fingerprint density at radius 1 is 1.22 bits per heavy atom. The maximum Gasteiger partial charge on any atom is 0.222 e. The first-order chi connectivity index (χ1) is 11.2. The molecule has 1 amide bonds. The summed E-state index contributed by atoms with van der Waals surface area (Å²) in [6.07, 6.45) is 3.35. The minimum Gasteiger partial charge on any atom is -0.490 e. The van der Waals surface area contributed by atoms with Gasteiger partial charge in [0.1, 0.15) is 0 Å². The van der Waals surface area contributed by atoms with Gasteiger partial charge in [-0.2, -0.15) is 0 Å². The molecule has 0 unspecified atom stereocenters. The summed E-state index contributed by atoms with van der Waals surface area (Å²) >= 11 is 0. The van der Waals surface area contributed by atoms with Crippen LogP contribution in [-0.4, -0.2) is 50.2 Å². The van der Waals surface area contributed by atoms with Crippen molar-refractivity contribution in [2.75, 3.05) is 33.4 Å². The Labute approximate surface area is 139 Å². The molecule has 23 heavy (non-hydrogen) atoms.